The van der Waals surface area contributed by atoms with Crippen molar-refractivity contribution in [3.05, 3.63) is 29.8 Å². The molecule has 8 heteroatoms. The lowest BCUT2D eigenvalue weighted by atomic mass is 10.1. The largest absolute Gasteiger partial charge is 0.340 e. The van der Waals surface area contributed by atoms with Gasteiger partial charge in [-0.25, -0.2) is 0 Å². The number of rotatable bonds is 3. The summed E-state index contributed by atoms with van der Waals surface area (Å²) in [4.78, 5) is 40.4. The number of benzene rings is 1. The van der Waals surface area contributed by atoms with E-state index in [1.165, 1.54) is 11.8 Å². The minimum atomic E-state index is -0.737. The van der Waals surface area contributed by atoms with Crippen LogP contribution in [0, 0.1) is 0 Å². The number of amides is 3. The molecule has 1 unspecified atom stereocenters. The summed E-state index contributed by atoms with van der Waals surface area (Å²) in [6.45, 7) is 0.708. The summed E-state index contributed by atoms with van der Waals surface area (Å²) in [7, 11) is 0. The SMILES string of the molecule is O=C(CCC1NC(=O)c2ccccc2NC1=O)NC1=NCCS1. The Balaban J connectivity index is 1.59. The van der Waals surface area contributed by atoms with Gasteiger partial charge in [-0.15, -0.1) is 0 Å². The highest BCUT2D eigenvalue weighted by atomic mass is 32.2. The van der Waals surface area contributed by atoms with E-state index in [9.17, 15) is 14.4 Å². The maximum Gasteiger partial charge on any atom is 0.254 e. The van der Waals surface area contributed by atoms with Crippen molar-refractivity contribution in [2.45, 2.75) is 18.9 Å². The van der Waals surface area contributed by atoms with E-state index >= 15 is 0 Å². The highest BCUT2D eigenvalue weighted by Gasteiger charge is 2.28. The van der Waals surface area contributed by atoms with E-state index < -0.39 is 6.04 Å². The third-order valence-corrected chi connectivity index (χ3v) is 4.43. The molecule has 0 aromatic heterocycles. The predicted octanol–water partition coefficient (Wildman–Crippen LogP) is 0.736. The molecule has 2 heterocycles. The van der Waals surface area contributed by atoms with Crippen molar-refractivity contribution in [1.82, 2.24) is 10.6 Å². The first kappa shape index (κ1) is 15.5. The fraction of sp³-hybridized carbons (Fsp3) is 0.333. The Morgan fingerprint density at radius 3 is 2.96 bits per heavy atom. The zero-order chi connectivity index (χ0) is 16.2. The molecule has 3 amide bonds. The number of hydrogen-bond acceptors (Lipinski definition) is 5. The van der Waals surface area contributed by atoms with Gasteiger partial charge in [0.05, 0.1) is 17.8 Å². The Bertz CT molecular complexity index is 689. The molecular weight excluding hydrogens is 316 g/mol. The van der Waals surface area contributed by atoms with Gasteiger partial charge in [0, 0.05) is 12.2 Å². The van der Waals surface area contributed by atoms with Crippen LogP contribution >= 0.6 is 11.8 Å². The van der Waals surface area contributed by atoms with Gasteiger partial charge in [0.2, 0.25) is 11.8 Å². The first-order chi connectivity index (χ1) is 11.1. The number of amidine groups is 1. The molecule has 0 spiro atoms. The number of thioether (sulfide) groups is 1. The van der Waals surface area contributed by atoms with Gasteiger partial charge in [0.15, 0.2) is 5.17 Å². The highest BCUT2D eigenvalue weighted by Crippen LogP contribution is 2.19. The molecule has 1 atom stereocenters. The van der Waals surface area contributed by atoms with Crippen LogP contribution in [0.1, 0.15) is 23.2 Å². The average Bonchev–Trinajstić information content (AvgIpc) is 3.00. The van der Waals surface area contributed by atoms with Gasteiger partial charge in [-0.05, 0) is 18.6 Å². The van der Waals surface area contributed by atoms with Crippen molar-refractivity contribution >= 4 is 40.3 Å². The van der Waals surface area contributed by atoms with Crippen LogP contribution in [-0.4, -0.2) is 41.2 Å². The van der Waals surface area contributed by atoms with E-state index in [-0.39, 0.29) is 30.6 Å². The number of carbonyl (C=O) groups is 3. The van der Waals surface area contributed by atoms with Crippen LogP contribution in [0.5, 0.6) is 0 Å². The zero-order valence-corrected chi connectivity index (χ0v) is 13.1. The smallest absolute Gasteiger partial charge is 0.254 e. The summed E-state index contributed by atoms with van der Waals surface area (Å²) in [6, 6.07) is 6.07. The number of nitrogens with one attached hydrogen (secondary N) is 3. The first-order valence-corrected chi connectivity index (χ1v) is 8.30. The molecule has 23 heavy (non-hydrogen) atoms. The molecule has 2 aliphatic heterocycles. The summed E-state index contributed by atoms with van der Waals surface area (Å²) < 4.78 is 0. The number of hydrogen-bond donors (Lipinski definition) is 3. The monoisotopic (exact) mass is 332 g/mol. The molecule has 0 saturated carbocycles. The standard InChI is InChI=1S/C15H16N4O3S/c20-12(19-15-16-7-8-23-15)6-5-11-14(22)17-10-4-2-1-3-9(10)13(21)18-11/h1-4,11H,5-8H2,(H,17,22)(H,18,21)(H,16,19,20). The molecule has 1 aromatic carbocycles. The van der Waals surface area contributed by atoms with Crippen LogP contribution in [0.25, 0.3) is 0 Å². The summed E-state index contributed by atoms with van der Waals surface area (Å²) in [5.74, 6) is 0.0281. The molecule has 2 aliphatic rings. The Kier molecular flexibility index (Phi) is 4.61. The van der Waals surface area contributed by atoms with Crippen molar-refractivity contribution in [2.75, 3.05) is 17.6 Å². The maximum absolute atomic E-state index is 12.2. The van der Waals surface area contributed by atoms with Gasteiger partial charge in [0.25, 0.3) is 5.91 Å². The molecule has 3 rings (SSSR count). The fourth-order valence-corrected chi connectivity index (χ4v) is 3.13. The third-order valence-electron chi connectivity index (χ3n) is 3.54. The number of nitrogens with zero attached hydrogens (tertiary/aromatic N) is 1. The lowest BCUT2D eigenvalue weighted by Crippen LogP contribution is -2.42. The number of anilines is 1. The number of aliphatic imine (C=N–C) groups is 1. The van der Waals surface area contributed by atoms with Crippen molar-refractivity contribution in [3.8, 4) is 0 Å². The molecule has 7 nitrogen and oxygen atoms in total. The summed E-state index contributed by atoms with van der Waals surface area (Å²) >= 11 is 1.50. The highest BCUT2D eigenvalue weighted by molar-refractivity contribution is 8.14. The van der Waals surface area contributed by atoms with Crippen LogP contribution in [0.4, 0.5) is 5.69 Å². The maximum atomic E-state index is 12.2. The van der Waals surface area contributed by atoms with Crippen LogP contribution in [-0.2, 0) is 9.59 Å². The van der Waals surface area contributed by atoms with Crippen LogP contribution in [0.15, 0.2) is 29.3 Å². The second-order valence-electron chi connectivity index (χ2n) is 5.18. The van der Waals surface area contributed by atoms with Gasteiger partial charge in [-0.1, -0.05) is 23.9 Å². The Morgan fingerprint density at radius 1 is 1.35 bits per heavy atom. The summed E-state index contributed by atoms with van der Waals surface area (Å²) in [5, 5.41) is 8.71. The quantitative estimate of drug-likeness (QED) is 0.760. The molecule has 0 radical (unpaired) electrons. The molecule has 120 valence electrons. The van der Waals surface area contributed by atoms with Gasteiger partial charge in [-0.3, -0.25) is 19.4 Å². The molecular formula is C15H16N4O3S. The molecule has 1 aromatic rings. The second kappa shape index (κ2) is 6.82. The number of para-hydroxylation sites is 1. The topological polar surface area (TPSA) is 99.7 Å². The van der Waals surface area contributed by atoms with Crippen LogP contribution < -0.4 is 16.0 Å². The molecule has 0 bridgehead atoms. The first-order valence-electron chi connectivity index (χ1n) is 7.31. The van der Waals surface area contributed by atoms with Gasteiger partial charge >= 0.3 is 0 Å². The van der Waals surface area contributed by atoms with E-state index in [0.29, 0.717) is 23.0 Å². The van der Waals surface area contributed by atoms with E-state index in [4.69, 9.17) is 0 Å². The number of fused-ring (bicyclic) bond motifs is 1. The van der Waals surface area contributed by atoms with Gasteiger partial charge in [0.1, 0.15) is 6.04 Å². The molecule has 0 aliphatic carbocycles. The predicted molar refractivity (Wildman–Crippen MR) is 88.5 cm³/mol. The zero-order valence-electron chi connectivity index (χ0n) is 12.3. The lowest BCUT2D eigenvalue weighted by molar-refractivity contribution is -0.120. The van der Waals surface area contributed by atoms with E-state index in [0.717, 1.165) is 5.75 Å². The Labute approximate surface area is 137 Å². The minimum absolute atomic E-state index is 0.133. The van der Waals surface area contributed by atoms with Crippen molar-refractivity contribution in [2.24, 2.45) is 4.99 Å². The lowest BCUT2D eigenvalue weighted by Gasteiger charge is -2.14. The van der Waals surface area contributed by atoms with E-state index in [1.54, 1.807) is 24.3 Å². The normalized spacial score (nSPS) is 20.0. The van der Waals surface area contributed by atoms with Crippen LogP contribution in [0.2, 0.25) is 0 Å². The van der Waals surface area contributed by atoms with Crippen molar-refractivity contribution in [1.29, 1.82) is 0 Å². The fourth-order valence-electron chi connectivity index (χ4n) is 2.38. The van der Waals surface area contributed by atoms with E-state index in [2.05, 4.69) is 20.9 Å². The average molecular weight is 332 g/mol. The van der Waals surface area contributed by atoms with Crippen molar-refractivity contribution in [3.63, 3.8) is 0 Å². The molecule has 0 saturated heterocycles. The summed E-state index contributed by atoms with van der Waals surface area (Å²) in [6.07, 6.45) is 0.365. The van der Waals surface area contributed by atoms with Gasteiger partial charge < -0.3 is 16.0 Å². The number of carbonyl (C=O) groups excluding carboxylic acids is 3. The van der Waals surface area contributed by atoms with Crippen LogP contribution in [0.3, 0.4) is 0 Å². The second-order valence-corrected chi connectivity index (χ2v) is 6.27. The Hall–Kier alpha value is -2.35. The van der Waals surface area contributed by atoms with E-state index in [1.807, 2.05) is 0 Å². The third kappa shape index (κ3) is 3.70. The summed E-state index contributed by atoms with van der Waals surface area (Å²) in [5.41, 5.74) is 0.906. The van der Waals surface area contributed by atoms with Gasteiger partial charge in [-0.2, -0.15) is 0 Å². The molecule has 0 fully saturated rings. The minimum Gasteiger partial charge on any atom is -0.340 e. The molecule has 3 N–H and O–H groups in total. The Morgan fingerprint density at radius 2 is 2.17 bits per heavy atom. The van der Waals surface area contributed by atoms with Crippen molar-refractivity contribution < 1.29 is 14.4 Å².